The Hall–Kier alpha value is -1.91. The fourth-order valence-electron chi connectivity index (χ4n) is 2.36. The molecule has 0 fully saturated rings. The van der Waals surface area contributed by atoms with Crippen LogP contribution >= 0.6 is 0 Å². The second-order valence-electron chi connectivity index (χ2n) is 4.38. The van der Waals surface area contributed by atoms with Crippen LogP contribution in [0.15, 0.2) is 18.2 Å². The monoisotopic (exact) mass is 249 g/mol. The molecule has 0 bridgehead atoms. The van der Waals surface area contributed by atoms with Crippen LogP contribution in [0.5, 0.6) is 5.75 Å². The molecule has 0 aliphatic carbocycles. The quantitative estimate of drug-likeness (QED) is 0.610. The van der Waals surface area contributed by atoms with Crippen molar-refractivity contribution < 1.29 is 14.5 Å². The van der Waals surface area contributed by atoms with Crippen LogP contribution in [0.1, 0.15) is 37.0 Å². The van der Waals surface area contributed by atoms with E-state index in [-0.39, 0.29) is 23.5 Å². The van der Waals surface area contributed by atoms with Crippen molar-refractivity contribution in [3.05, 3.63) is 33.9 Å². The standard InChI is InChI=1S/C13H15NO4/c1-3-9-11(4-2)18-12-6-5-8(14(16)17)7-10(12)13(9)15/h5-7,9,11H,3-4H2,1-2H3/t9-,11-/m1/s1. The predicted molar refractivity (Wildman–Crippen MR) is 65.9 cm³/mol. The van der Waals surface area contributed by atoms with E-state index in [4.69, 9.17) is 4.74 Å². The van der Waals surface area contributed by atoms with Gasteiger partial charge in [0.1, 0.15) is 11.9 Å². The van der Waals surface area contributed by atoms with Crippen molar-refractivity contribution in [2.45, 2.75) is 32.8 Å². The lowest BCUT2D eigenvalue weighted by Gasteiger charge is -2.31. The van der Waals surface area contributed by atoms with Gasteiger partial charge in [0.25, 0.3) is 5.69 Å². The molecule has 0 aromatic heterocycles. The van der Waals surface area contributed by atoms with Gasteiger partial charge in [-0.1, -0.05) is 13.8 Å². The number of hydrogen-bond donors (Lipinski definition) is 0. The maximum Gasteiger partial charge on any atom is 0.270 e. The number of nitrogens with zero attached hydrogens (tertiary/aromatic N) is 1. The highest BCUT2D eigenvalue weighted by atomic mass is 16.6. The van der Waals surface area contributed by atoms with Crippen molar-refractivity contribution in [2.24, 2.45) is 5.92 Å². The zero-order valence-electron chi connectivity index (χ0n) is 10.4. The fourth-order valence-corrected chi connectivity index (χ4v) is 2.36. The summed E-state index contributed by atoms with van der Waals surface area (Å²) >= 11 is 0. The van der Waals surface area contributed by atoms with Crippen molar-refractivity contribution in [3.63, 3.8) is 0 Å². The van der Waals surface area contributed by atoms with E-state index < -0.39 is 4.92 Å². The number of Topliss-reactive ketones (excluding diaryl/α,β-unsaturated/α-hetero) is 1. The molecular weight excluding hydrogens is 234 g/mol. The molecule has 18 heavy (non-hydrogen) atoms. The molecule has 0 amide bonds. The van der Waals surface area contributed by atoms with Crippen LogP contribution in [-0.2, 0) is 0 Å². The van der Waals surface area contributed by atoms with Gasteiger partial charge in [0.2, 0.25) is 0 Å². The van der Waals surface area contributed by atoms with E-state index >= 15 is 0 Å². The van der Waals surface area contributed by atoms with Gasteiger partial charge in [-0.3, -0.25) is 14.9 Å². The zero-order valence-corrected chi connectivity index (χ0v) is 10.4. The summed E-state index contributed by atoms with van der Waals surface area (Å²) in [6.07, 6.45) is 1.30. The average Bonchev–Trinajstić information content (AvgIpc) is 2.37. The lowest BCUT2D eigenvalue weighted by Crippen LogP contribution is -2.36. The van der Waals surface area contributed by atoms with Crippen molar-refractivity contribution >= 4 is 11.5 Å². The summed E-state index contributed by atoms with van der Waals surface area (Å²) in [5.41, 5.74) is 0.260. The Bertz CT molecular complexity index is 498. The minimum absolute atomic E-state index is 0.0469. The number of benzene rings is 1. The molecule has 0 saturated heterocycles. The molecule has 2 atom stereocenters. The van der Waals surface area contributed by atoms with Crippen LogP contribution in [0, 0.1) is 16.0 Å². The van der Waals surface area contributed by atoms with E-state index in [9.17, 15) is 14.9 Å². The minimum Gasteiger partial charge on any atom is -0.489 e. The van der Waals surface area contributed by atoms with Gasteiger partial charge in [-0.05, 0) is 18.9 Å². The summed E-state index contributed by atoms with van der Waals surface area (Å²) < 4.78 is 5.75. The Morgan fingerprint density at radius 3 is 2.61 bits per heavy atom. The van der Waals surface area contributed by atoms with E-state index in [2.05, 4.69) is 0 Å². The maximum absolute atomic E-state index is 12.3. The summed E-state index contributed by atoms with van der Waals surface area (Å²) in [6, 6.07) is 4.19. The summed E-state index contributed by atoms with van der Waals surface area (Å²) in [5, 5.41) is 10.7. The third-order valence-corrected chi connectivity index (χ3v) is 3.35. The number of nitro benzene ring substituents is 1. The maximum atomic E-state index is 12.3. The van der Waals surface area contributed by atoms with E-state index in [0.717, 1.165) is 6.42 Å². The van der Waals surface area contributed by atoms with Gasteiger partial charge in [-0.25, -0.2) is 0 Å². The number of hydrogen-bond acceptors (Lipinski definition) is 4. The molecular formula is C13H15NO4. The van der Waals surface area contributed by atoms with Gasteiger partial charge >= 0.3 is 0 Å². The van der Waals surface area contributed by atoms with Crippen molar-refractivity contribution in [2.75, 3.05) is 0 Å². The first kappa shape index (κ1) is 12.5. The molecule has 0 spiro atoms. The van der Waals surface area contributed by atoms with Gasteiger partial charge in [-0.2, -0.15) is 0 Å². The van der Waals surface area contributed by atoms with Gasteiger partial charge < -0.3 is 4.74 Å². The Kier molecular flexibility index (Phi) is 3.32. The molecule has 1 aliphatic heterocycles. The molecule has 5 heteroatoms. The van der Waals surface area contributed by atoms with E-state index in [1.807, 2.05) is 13.8 Å². The summed E-state index contributed by atoms with van der Waals surface area (Å²) in [7, 11) is 0. The van der Waals surface area contributed by atoms with Gasteiger partial charge in [0.05, 0.1) is 16.4 Å². The second-order valence-corrected chi connectivity index (χ2v) is 4.38. The van der Waals surface area contributed by atoms with Crippen molar-refractivity contribution in [3.8, 4) is 5.75 Å². The highest BCUT2D eigenvalue weighted by Crippen LogP contribution is 2.35. The average molecular weight is 249 g/mol. The molecule has 1 aromatic carbocycles. The number of ether oxygens (including phenoxy) is 1. The summed E-state index contributed by atoms with van der Waals surface area (Å²) in [4.78, 5) is 22.5. The predicted octanol–water partition coefficient (Wildman–Crippen LogP) is 2.97. The first-order chi connectivity index (χ1) is 8.58. The number of nitro groups is 1. The van der Waals surface area contributed by atoms with Gasteiger partial charge in [-0.15, -0.1) is 0 Å². The van der Waals surface area contributed by atoms with Crippen LogP contribution in [0.3, 0.4) is 0 Å². The Balaban J connectivity index is 2.46. The molecule has 2 rings (SSSR count). The summed E-state index contributed by atoms with van der Waals surface area (Å²) in [5.74, 6) is 0.209. The third-order valence-electron chi connectivity index (χ3n) is 3.35. The van der Waals surface area contributed by atoms with Crippen molar-refractivity contribution in [1.29, 1.82) is 0 Å². The highest BCUT2D eigenvalue weighted by molar-refractivity contribution is 6.02. The lowest BCUT2D eigenvalue weighted by atomic mass is 9.86. The topological polar surface area (TPSA) is 69.4 Å². The molecule has 0 unspecified atom stereocenters. The number of rotatable bonds is 3. The molecule has 1 heterocycles. The fraction of sp³-hybridized carbons (Fsp3) is 0.462. The van der Waals surface area contributed by atoms with Crippen LogP contribution in [0.25, 0.3) is 0 Å². The van der Waals surface area contributed by atoms with Gasteiger partial charge in [0.15, 0.2) is 5.78 Å². The van der Waals surface area contributed by atoms with E-state index in [1.54, 1.807) is 0 Å². The molecule has 1 aromatic rings. The molecule has 96 valence electrons. The zero-order chi connectivity index (χ0) is 13.3. The van der Waals surface area contributed by atoms with Crippen molar-refractivity contribution in [1.82, 2.24) is 0 Å². The SMILES string of the molecule is CC[C@H]1Oc2ccc([N+](=O)[O-])cc2C(=O)[C@@H]1CC. The normalized spacial score (nSPS) is 22.2. The lowest BCUT2D eigenvalue weighted by molar-refractivity contribution is -0.384. The molecule has 0 saturated carbocycles. The number of carbonyl (C=O) groups is 1. The van der Waals surface area contributed by atoms with Crippen LogP contribution in [-0.4, -0.2) is 16.8 Å². The molecule has 1 aliphatic rings. The smallest absolute Gasteiger partial charge is 0.270 e. The van der Waals surface area contributed by atoms with Crippen LogP contribution < -0.4 is 4.74 Å². The number of carbonyl (C=O) groups excluding carboxylic acids is 1. The summed E-state index contributed by atoms with van der Waals surface area (Å²) in [6.45, 7) is 3.90. The minimum atomic E-state index is -0.500. The second kappa shape index (κ2) is 4.76. The van der Waals surface area contributed by atoms with Crippen LogP contribution in [0.2, 0.25) is 0 Å². The van der Waals surface area contributed by atoms with E-state index in [0.29, 0.717) is 17.7 Å². The third kappa shape index (κ3) is 1.96. The highest BCUT2D eigenvalue weighted by Gasteiger charge is 2.35. The molecule has 0 radical (unpaired) electrons. The Morgan fingerprint density at radius 1 is 1.33 bits per heavy atom. The molecule has 0 N–H and O–H groups in total. The van der Waals surface area contributed by atoms with Crippen LogP contribution in [0.4, 0.5) is 5.69 Å². The Morgan fingerprint density at radius 2 is 2.06 bits per heavy atom. The number of fused-ring (bicyclic) bond motifs is 1. The first-order valence-electron chi connectivity index (χ1n) is 6.07. The number of non-ortho nitro benzene ring substituents is 1. The molecule has 5 nitrogen and oxygen atoms in total. The number of ketones is 1. The first-order valence-corrected chi connectivity index (χ1v) is 6.07. The van der Waals surface area contributed by atoms with E-state index in [1.165, 1.54) is 18.2 Å². The Labute approximate surface area is 105 Å². The van der Waals surface area contributed by atoms with Gasteiger partial charge in [0, 0.05) is 12.1 Å². The largest absolute Gasteiger partial charge is 0.489 e.